The molecule has 0 radical (unpaired) electrons. The monoisotopic (exact) mass is 521 g/mol. The van der Waals surface area contributed by atoms with Gasteiger partial charge >= 0.3 is 0 Å². The van der Waals surface area contributed by atoms with Crippen LogP contribution in [0.2, 0.25) is 0 Å². The molecule has 3 aromatic rings. The summed E-state index contributed by atoms with van der Waals surface area (Å²) in [5.41, 5.74) is 1.70. The Labute approximate surface area is 186 Å². The zero-order valence-corrected chi connectivity index (χ0v) is 22.4. The second-order valence-corrected chi connectivity index (χ2v) is 5.55. The Bertz CT molecular complexity index is 563. The van der Waals surface area contributed by atoms with Crippen LogP contribution in [0.3, 0.4) is 0 Å². The van der Waals surface area contributed by atoms with Gasteiger partial charge < -0.3 is 52.0 Å². The van der Waals surface area contributed by atoms with Crippen molar-refractivity contribution >= 4 is 10.8 Å². The van der Waals surface area contributed by atoms with Gasteiger partial charge in [-0.2, -0.15) is 24.3 Å². The van der Waals surface area contributed by atoms with Crippen LogP contribution in [0.5, 0.6) is 0 Å². The van der Waals surface area contributed by atoms with Crippen molar-refractivity contribution in [1.82, 2.24) is 0 Å². The molecule has 0 N–H and O–H groups in total. The number of fused-ring (bicyclic) bond motifs is 1. The Balaban J connectivity index is -0.0000000500. The summed E-state index contributed by atoms with van der Waals surface area (Å²) in [7, 11) is 0. The molecule has 0 saturated carbocycles. The summed E-state index contributed by atoms with van der Waals surface area (Å²) >= 11 is 0. The third-order valence-electron chi connectivity index (χ3n) is 3.04. The van der Waals surface area contributed by atoms with E-state index in [0.29, 0.717) is 0 Å². The summed E-state index contributed by atoms with van der Waals surface area (Å²) in [6.07, 6.45) is 0. The molecule has 154 valence electrons. The van der Waals surface area contributed by atoms with Crippen molar-refractivity contribution in [2.75, 3.05) is 0 Å². The third kappa shape index (κ3) is 12.4. The van der Waals surface area contributed by atoms with Crippen molar-refractivity contribution in [3.63, 3.8) is 0 Å². The van der Waals surface area contributed by atoms with Gasteiger partial charge in [0.25, 0.3) is 0 Å². The second kappa shape index (κ2) is 20.4. The Hall–Kier alpha value is -0.950. The molecule has 3 rings (SSSR count). The van der Waals surface area contributed by atoms with Crippen LogP contribution in [0.1, 0.15) is 26.3 Å². The van der Waals surface area contributed by atoms with Gasteiger partial charge in [0.2, 0.25) is 0 Å². The van der Waals surface area contributed by atoms with Crippen LogP contribution < -0.4 is 0 Å². The van der Waals surface area contributed by atoms with Gasteiger partial charge in [-0.15, -0.1) is 40.6 Å². The Kier molecular flexibility index (Phi) is 34.8. The zero-order valence-electron chi connectivity index (χ0n) is 18.9. The summed E-state index contributed by atoms with van der Waals surface area (Å²) < 4.78 is 0. The Morgan fingerprint density at radius 3 is 1.54 bits per heavy atom. The molecule has 3 aromatic carbocycles. The summed E-state index contributed by atoms with van der Waals surface area (Å²) in [6.45, 7) is 6.78. The molecule has 0 aliphatic heterocycles. The molecular formula is C25H41Hf-9. The molecule has 0 spiro atoms. The number of benzene rings is 1. The van der Waals surface area contributed by atoms with E-state index < -0.39 is 0 Å². The molecule has 0 saturated heterocycles. The minimum Gasteiger partial charge on any atom is -0.358 e. The van der Waals surface area contributed by atoms with Gasteiger partial charge in [0.05, 0.1) is 0 Å². The fourth-order valence-electron chi connectivity index (χ4n) is 2.13. The fraction of sp³-hybridized carbons (Fsp3) is 0.160. The molecule has 0 unspecified atom stereocenters. The summed E-state index contributed by atoms with van der Waals surface area (Å²) in [6, 6.07) is 23.0. The van der Waals surface area contributed by atoms with E-state index >= 15 is 0 Å². The first kappa shape index (κ1) is 44.5. The van der Waals surface area contributed by atoms with Crippen LogP contribution in [-0.4, -0.2) is 0 Å². The van der Waals surface area contributed by atoms with Gasteiger partial charge in [0.1, 0.15) is 0 Å². The molecule has 0 heterocycles. The SMILES string of the molecule is CC(C)(C)[c-]1ccc2ccccc21.[CH3-].[CH3-].[CH3-].[CH3-].[CH3-].[CH3-].[CH3-].[Hf].c1cc[cH-]c1. The zero-order chi connectivity index (χ0) is 13.0. The maximum absolute atomic E-state index is 2.26. The predicted octanol–water partition coefficient (Wildman–Crippen LogP) is 8.41. The van der Waals surface area contributed by atoms with Crippen molar-refractivity contribution in [2.45, 2.75) is 26.2 Å². The van der Waals surface area contributed by atoms with Crippen LogP contribution in [-0.2, 0) is 31.3 Å². The van der Waals surface area contributed by atoms with E-state index in [1.54, 1.807) is 0 Å². The normalized spacial score (nSPS) is 7.65. The number of hydrogen-bond acceptors (Lipinski definition) is 0. The van der Waals surface area contributed by atoms with Gasteiger partial charge in [0.15, 0.2) is 0 Å². The largest absolute Gasteiger partial charge is 0.358 e. The molecule has 26 heavy (non-hydrogen) atoms. The number of hydrogen-bond donors (Lipinski definition) is 0. The smallest absolute Gasteiger partial charge is 0 e. The fourth-order valence-corrected chi connectivity index (χ4v) is 2.13. The van der Waals surface area contributed by atoms with Crippen LogP contribution in [0.4, 0.5) is 0 Å². The van der Waals surface area contributed by atoms with Crippen LogP contribution >= 0.6 is 0 Å². The molecule has 0 bridgehead atoms. The van der Waals surface area contributed by atoms with E-state index in [-0.39, 0.29) is 83.2 Å². The van der Waals surface area contributed by atoms with E-state index in [0.717, 1.165) is 0 Å². The van der Waals surface area contributed by atoms with Crippen molar-refractivity contribution < 1.29 is 25.8 Å². The van der Waals surface area contributed by atoms with Crippen molar-refractivity contribution in [2.24, 2.45) is 0 Å². The molecule has 0 nitrogen and oxygen atoms in total. The maximum atomic E-state index is 2.26. The van der Waals surface area contributed by atoms with Gasteiger partial charge in [-0.3, -0.25) is 0 Å². The number of rotatable bonds is 0. The average Bonchev–Trinajstić information content (AvgIpc) is 3.01. The predicted molar refractivity (Wildman–Crippen MR) is 125 cm³/mol. The van der Waals surface area contributed by atoms with E-state index in [4.69, 9.17) is 0 Å². The van der Waals surface area contributed by atoms with E-state index in [9.17, 15) is 0 Å². The van der Waals surface area contributed by atoms with E-state index in [1.165, 1.54) is 16.3 Å². The molecule has 0 aliphatic rings. The van der Waals surface area contributed by atoms with Crippen molar-refractivity contribution in [3.8, 4) is 0 Å². The first-order chi connectivity index (χ1) is 8.59. The van der Waals surface area contributed by atoms with Gasteiger partial charge in [-0.25, -0.2) is 12.1 Å². The molecule has 1 heteroatoms. The minimum atomic E-state index is 0. The summed E-state index contributed by atoms with van der Waals surface area (Å²) in [4.78, 5) is 0. The van der Waals surface area contributed by atoms with Gasteiger partial charge in [-0.1, -0.05) is 26.8 Å². The molecule has 0 amide bonds. The molecule has 0 aliphatic carbocycles. The molecule has 0 atom stereocenters. The average molecular weight is 520 g/mol. The van der Waals surface area contributed by atoms with Crippen molar-refractivity contribution in [3.05, 3.63) is 124 Å². The topological polar surface area (TPSA) is 0 Å². The van der Waals surface area contributed by atoms with Gasteiger partial charge in [-0.05, 0) is 5.41 Å². The summed E-state index contributed by atoms with van der Waals surface area (Å²) in [5, 5.41) is 2.75. The van der Waals surface area contributed by atoms with Crippen LogP contribution in [0, 0.1) is 52.0 Å². The van der Waals surface area contributed by atoms with Crippen molar-refractivity contribution in [1.29, 1.82) is 0 Å². The second-order valence-electron chi connectivity index (χ2n) is 5.55. The van der Waals surface area contributed by atoms with Gasteiger partial charge in [0, 0.05) is 25.8 Å². The minimum absolute atomic E-state index is 0. The summed E-state index contributed by atoms with van der Waals surface area (Å²) in [5.74, 6) is 0. The maximum Gasteiger partial charge on any atom is 0 e. The Morgan fingerprint density at radius 2 is 1.15 bits per heavy atom. The third-order valence-corrected chi connectivity index (χ3v) is 3.04. The molecular weight excluding hydrogens is 479 g/mol. The Morgan fingerprint density at radius 1 is 0.692 bits per heavy atom. The quantitative estimate of drug-likeness (QED) is 0.206. The first-order valence-corrected chi connectivity index (χ1v) is 6.40. The van der Waals surface area contributed by atoms with E-state index in [2.05, 4.69) is 57.2 Å². The molecule has 0 aromatic heterocycles. The van der Waals surface area contributed by atoms with Crippen LogP contribution in [0.15, 0.2) is 66.7 Å². The van der Waals surface area contributed by atoms with Crippen LogP contribution in [0.25, 0.3) is 10.8 Å². The molecule has 0 fully saturated rings. The standard InChI is InChI=1S/C13H15.C5H5.7CH3.Hf/c1-13(2,3)12-9-8-10-6-4-5-7-11(10)12;1-2-4-5-3-1;;;;;;;;/h4-9H,1-3H3;1-5H;7*1H3;/q9*-1;. The van der Waals surface area contributed by atoms with E-state index in [1.807, 2.05) is 30.3 Å². The first-order valence-electron chi connectivity index (χ1n) is 6.40.